The molecule has 0 aliphatic heterocycles. The Morgan fingerprint density at radius 2 is 1.90 bits per heavy atom. The SMILES string of the molecule is Cc1cccc(N(N)C(=O)NN)c1CSc1ccccc1. The van der Waals surface area contributed by atoms with E-state index in [1.165, 1.54) is 4.90 Å². The minimum absolute atomic E-state index is 0.549. The Hall–Kier alpha value is -2.02. The normalized spacial score (nSPS) is 10.2. The monoisotopic (exact) mass is 302 g/mol. The molecule has 2 aromatic carbocycles. The second-order valence-electron chi connectivity index (χ2n) is 4.49. The van der Waals surface area contributed by atoms with Gasteiger partial charge in [0, 0.05) is 10.6 Å². The van der Waals surface area contributed by atoms with Crippen LogP contribution >= 0.6 is 11.8 Å². The maximum absolute atomic E-state index is 11.6. The number of hydrogen-bond donors (Lipinski definition) is 3. The third-order valence-electron chi connectivity index (χ3n) is 3.11. The van der Waals surface area contributed by atoms with Crippen molar-refractivity contribution in [2.75, 3.05) is 5.01 Å². The predicted molar refractivity (Wildman–Crippen MR) is 86.6 cm³/mol. The van der Waals surface area contributed by atoms with Crippen molar-refractivity contribution in [3.05, 3.63) is 59.7 Å². The molecule has 5 N–H and O–H groups in total. The number of nitrogens with two attached hydrogens (primary N) is 2. The van der Waals surface area contributed by atoms with Crippen LogP contribution in [0.25, 0.3) is 0 Å². The first-order valence-electron chi connectivity index (χ1n) is 6.45. The summed E-state index contributed by atoms with van der Waals surface area (Å²) in [7, 11) is 0. The Kier molecular flexibility index (Phi) is 5.21. The van der Waals surface area contributed by atoms with Gasteiger partial charge >= 0.3 is 6.03 Å². The van der Waals surface area contributed by atoms with Crippen LogP contribution in [0.3, 0.4) is 0 Å². The molecule has 0 unspecified atom stereocenters. The smallest absolute Gasteiger partial charge is 0.274 e. The van der Waals surface area contributed by atoms with Crippen LogP contribution < -0.4 is 22.1 Å². The molecule has 0 heterocycles. The van der Waals surface area contributed by atoms with Crippen LogP contribution in [0.15, 0.2) is 53.4 Å². The Labute approximate surface area is 128 Å². The van der Waals surface area contributed by atoms with E-state index in [9.17, 15) is 4.79 Å². The number of aryl methyl sites for hydroxylation is 1. The molecule has 0 radical (unpaired) electrons. The van der Waals surface area contributed by atoms with Gasteiger partial charge in [-0.2, -0.15) is 0 Å². The number of thioether (sulfide) groups is 1. The molecule has 2 aromatic rings. The molecular formula is C15H18N4OS. The molecule has 0 aliphatic carbocycles. The number of hydrazine groups is 2. The van der Waals surface area contributed by atoms with Crippen LogP contribution in [0.5, 0.6) is 0 Å². The topological polar surface area (TPSA) is 84.4 Å². The third-order valence-corrected chi connectivity index (χ3v) is 4.15. The first-order chi connectivity index (χ1) is 10.1. The van der Waals surface area contributed by atoms with Gasteiger partial charge in [0.15, 0.2) is 0 Å². The Balaban J connectivity index is 2.24. The van der Waals surface area contributed by atoms with Crippen molar-refractivity contribution >= 4 is 23.5 Å². The molecule has 0 aromatic heterocycles. The summed E-state index contributed by atoms with van der Waals surface area (Å²) in [6.07, 6.45) is 0. The van der Waals surface area contributed by atoms with Gasteiger partial charge in [0.25, 0.3) is 0 Å². The van der Waals surface area contributed by atoms with Gasteiger partial charge < -0.3 is 0 Å². The van der Waals surface area contributed by atoms with Gasteiger partial charge in [0.1, 0.15) is 0 Å². The van der Waals surface area contributed by atoms with Crippen molar-refractivity contribution in [1.29, 1.82) is 0 Å². The quantitative estimate of drug-likeness (QED) is 0.351. The minimum Gasteiger partial charge on any atom is -0.274 e. The number of carbonyl (C=O) groups is 1. The van der Waals surface area contributed by atoms with Gasteiger partial charge in [-0.3, -0.25) is 5.43 Å². The lowest BCUT2D eigenvalue weighted by molar-refractivity contribution is 0.246. The molecule has 5 nitrogen and oxygen atoms in total. The average Bonchev–Trinajstić information content (AvgIpc) is 2.53. The number of urea groups is 1. The molecule has 0 saturated carbocycles. The highest BCUT2D eigenvalue weighted by atomic mass is 32.2. The zero-order valence-corrected chi connectivity index (χ0v) is 12.6. The Morgan fingerprint density at radius 3 is 2.57 bits per heavy atom. The highest BCUT2D eigenvalue weighted by Crippen LogP contribution is 2.30. The molecular weight excluding hydrogens is 284 g/mol. The molecule has 0 atom stereocenters. The standard InChI is InChI=1S/C15H18N4OS/c1-11-6-5-9-14(19(17)15(20)18-16)13(11)10-21-12-7-3-2-4-8-12/h2-9H,10,16-17H2,1H3,(H,18,20). The van der Waals surface area contributed by atoms with Crippen molar-refractivity contribution in [2.24, 2.45) is 11.7 Å². The number of hydrogen-bond acceptors (Lipinski definition) is 4. The second-order valence-corrected chi connectivity index (χ2v) is 5.54. The summed E-state index contributed by atoms with van der Waals surface area (Å²) in [6.45, 7) is 2.00. The summed E-state index contributed by atoms with van der Waals surface area (Å²) >= 11 is 1.69. The van der Waals surface area contributed by atoms with E-state index in [1.54, 1.807) is 11.8 Å². The van der Waals surface area contributed by atoms with Gasteiger partial charge in [-0.1, -0.05) is 30.3 Å². The lowest BCUT2D eigenvalue weighted by Gasteiger charge is -2.20. The van der Waals surface area contributed by atoms with E-state index >= 15 is 0 Å². The zero-order chi connectivity index (χ0) is 15.2. The molecule has 0 saturated heterocycles. The predicted octanol–water partition coefficient (Wildman–Crippen LogP) is 2.55. The lowest BCUT2D eigenvalue weighted by Crippen LogP contribution is -2.48. The van der Waals surface area contributed by atoms with Crippen LogP contribution in [-0.4, -0.2) is 6.03 Å². The van der Waals surface area contributed by atoms with Crippen molar-refractivity contribution in [1.82, 2.24) is 5.43 Å². The summed E-state index contributed by atoms with van der Waals surface area (Å²) in [5, 5.41) is 1.04. The number of nitrogens with one attached hydrogen (secondary N) is 1. The molecule has 110 valence electrons. The number of anilines is 1. The van der Waals surface area contributed by atoms with Gasteiger partial charge in [-0.15, -0.1) is 11.8 Å². The fourth-order valence-electron chi connectivity index (χ4n) is 1.95. The Morgan fingerprint density at radius 1 is 1.19 bits per heavy atom. The number of carbonyl (C=O) groups excluding carboxylic acids is 1. The van der Waals surface area contributed by atoms with Crippen LogP contribution in [-0.2, 0) is 5.75 Å². The fourth-order valence-corrected chi connectivity index (χ4v) is 2.99. The van der Waals surface area contributed by atoms with E-state index < -0.39 is 6.03 Å². The van der Waals surface area contributed by atoms with E-state index in [2.05, 4.69) is 12.1 Å². The maximum atomic E-state index is 11.6. The highest BCUT2D eigenvalue weighted by Gasteiger charge is 2.15. The van der Waals surface area contributed by atoms with Gasteiger partial charge in [0.2, 0.25) is 0 Å². The summed E-state index contributed by atoms with van der Waals surface area (Å²) in [6, 6.07) is 15.2. The van der Waals surface area contributed by atoms with E-state index in [0.717, 1.165) is 21.9 Å². The van der Waals surface area contributed by atoms with Crippen molar-refractivity contribution < 1.29 is 4.79 Å². The number of nitrogens with zero attached hydrogens (tertiary/aromatic N) is 1. The van der Waals surface area contributed by atoms with Crippen LogP contribution in [0.4, 0.5) is 10.5 Å². The van der Waals surface area contributed by atoms with Crippen LogP contribution in [0.2, 0.25) is 0 Å². The maximum Gasteiger partial charge on any atom is 0.350 e. The first-order valence-corrected chi connectivity index (χ1v) is 7.43. The zero-order valence-electron chi connectivity index (χ0n) is 11.7. The summed E-state index contributed by atoms with van der Waals surface area (Å²) < 4.78 is 0. The van der Waals surface area contributed by atoms with E-state index in [-0.39, 0.29) is 0 Å². The molecule has 0 bridgehead atoms. The number of benzene rings is 2. The minimum atomic E-state index is -0.549. The average molecular weight is 302 g/mol. The molecule has 0 fully saturated rings. The molecule has 0 aliphatic rings. The summed E-state index contributed by atoms with van der Waals surface area (Å²) in [4.78, 5) is 12.8. The Bertz CT molecular complexity index is 618. The van der Waals surface area contributed by atoms with Crippen LogP contribution in [0.1, 0.15) is 11.1 Å². The van der Waals surface area contributed by atoms with E-state index in [4.69, 9.17) is 11.7 Å². The van der Waals surface area contributed by atoms with Crippen molar-refractivity contribution in [3.8, 4) is 0 Å². The first kappa shape index (κ1) is 15.4. The molecule has 2 amide bonds. The van der Waals surface area contributed by atoms with E-state index in [1.807, 2.05) is 48.7 Å². The molecule has 6 heteroatoms. The fraction of sp³-hybridized carbons (Fsp3) is 0.133. The number of rotatable bonds is 4. The largest absolute Gasteiger partial charge is 0.350 e. The van der Waals surface area contributed by atoms with Gasteiger partial charge in [0.05, 0.1) is 5.69 Å². The van der Waals surface area contributed by atoms with Gasteiger partial charge in [-0.05, 0) is 36.2 Å². The molecule has 0 spiro atoms. The summed E-state index contributed by atoms with van der Waals surface area (Å²) in [5.74, 6) is 11.7. The van der Waals surface area contributed by atoms with Crippen molar-refractivity contribution in [3.63, 3.8) is 0 Å². The van der Waals surface area contributed by atoms with Crippen molar-refractivity contribution in [2.45, 2.75) is 17.6 Å². The van der Waals surface area contributed by atoms with Crippen LogP contribution in [0, 0.1) is 6.92 Å². The summed E-state index contributed by atoms with van der Waals surface area (Å²) in [5.41, 5.74) is 4.78. The molecule has 21 heavy (non-hydrogen) atoms. The van der Waals surface area contributed by atoms with E-state index in [0.29, 0.717) is 5.69 Å². The third kappa shape index (κ3) is 3.75. The lowest BCUT2D eigenvalue weighted by atomic mass is 10.1. The second kappa shape index (κ2) is 7.12. The highest BCUT2D eigenvalue weighted by molar-refractivity contribution is 7.98. The van der Waals surface area contributed by atoms with Gasteiger partial charge in [-0.25, -0.2) is 21.5 Å². The molecule has 2 rings (SSSR count). The number of amides is 2.